The molecule has 0 atom stereocenters. The van der Waals surface area contributed by atoms with Crippen LogP contribution in [0.1, 0.15) is 0 Å². The molecule has 0 unspecified atom stereocenters. The van der Waals surface area contributed by atoms with Crippen molar-refractivity contribution in [2.75, 3.05) is 27.1 Å². The van der Waals surface area contributed by atoms with Crippen LogP contribution >= 0.6 is 0 Å². The van der Waals surface area contributed by atoms with E-state index in [0.717, 1.165) is 117 Å². The Balaban J connectivity index is 1.12. The summed E-state index contributed by atoms with van der Waals surface area (Å²) in [6, 6.07) is 77.0. The Morgan fingerprint density at radius 1 is 0.373 bits per heavy atom. The van der Waals surface area contributed by atoms with Crippen LogP contribution in [0.2, 0.25) is 0 Å². The first kappa shape index (κ1) is 37.4. The highest BCUT2D eigenvalue weighted by Gasteiger charge is 2.29. The largest absolute Gasteiger partial charge is 0.352 e. The van der Waals surface area contributed by atoms with Gasteiger partial charge in [-0.25, -0.2) is 4.98 Å². The summed E-state index contributed by atoms with van der Waals surface area (Å²) < 4.78 is 0. The zero-order chi connectivity index (χ0) is 44.2. The zero-order valence-corrected chi connectivity index (χ0v) is 36.5. The van der Waals surface area contributed by atoms with Gasteiger partial charge in [-0.3, -0.25) is 4.98 Å². The number of hydrogen-bond donors (Lipinski definition) is 1. The molecular formula is C61H40N6. The maximum Gasteiger partial charge on any atom is 0.0972 e. The average Bonchev–Trinajstić information content (AvgIpc) is 3.39. The molecule has 0 aliphatic carbocycles. The molecule has 10 aromatic carbocycles. The maximum atomic E-state index is 5.61. The Morgan fingerprint density at radius 2 is 0.881 bits per heavy atom. The van der Waals surface area contributed by atoms with Gasteiger partial charge in [0.15, 0.2) is 0 Å². The van der Waals surface area contributed by atoms with Gasteiger partial charge in [0.1, 0.15) is 0 Å². The first-order valence-corrected chi connectivity index (χ1v) is 22.8. The number of rotatable bonds is 4. The molecule has 6 heteroatoms. The van der Waals surface area contributed by atoms with Crippen LogP contribution in [0, 0.1) is 0 Å². The zero-order valence-electron chi connectivity index (χ0n) is 36.5. The highest BCUT2D eigenvalue weighted by atomic mass is 15.3. The fraction of sp³-hybridized carbons (Fsp3) is 0.0164. The Morgan fingerprint density at radius 3 is 1.57 bits per heavy atom. The topological polar surface area (TPSA) is 47.5 Å². The van der Waals surface area contributed by atoms with Crippen LogP contribution in [-0.2, 0) is 0 Å². The van der Waals surface area contributed by atoms with Crippen LogP contribution in [0.4, 0.5) is 56.9 Å². The molecular weight excluding hydrogens is 817 g/mol. The van der Waals surface area contributed by atoms with Crippen molar-refractivity contribution in [1.29, 1.82) is 0 Å². The molecule has 12 aromatic rings. The third-order valence-corrected chi connectivity index (χ3v) is 13.9. The molecule has 14 rings (SSSR count). The molecule has 6 nitrogen and oxygen atoms in total. The minimum absolute atomic E-state index is 0.888. The second-order valence-corrected chi connectivity index (χ2v) is 17.5. The Hall–Kier alpha value is -9.00. The van der Waals surface area contributed by atoms with Gasteiger partial charge in [-0.1, -0.05) is 121 Å². The lowest BCUT2D eigenvalue weighted by molar-refractivity contribution is 1.13. The number of fused-ring (bicyclic) bond motifs is 10. The first-order chi connectivity index (χ1) is 33.1. The molecule has 0 saturated carbocycles. The van der Waals surface area contributed by atoms with Gasteiger partial charge in [0.2, 0.25) is 0 Å². The second kappa shape index (κ2) is 14.5. The van der Waals surface area contributed by atoms with Gasteiger partial charge >= 0.3 is 0 Å². The molecule has 4 heterocycles. The average molecular weight is 857 g/mol. The monoisotopic (exact) mass is 856 g/mol. The van der Waals surface area contributed by atoms with Crippen molar-refractivity contribution < 1.29 is 0 Å². The van der Waals surface area contributed by atoms with Gasteiger partial charge in [0.05, 0.1) is 62.2 Å². The molecule has 314 valence electrons. The number of benzene rings is 10. The van der Waals surface area contributed by atoms with Crippen molar-refractivity contribution in [3.05, 3.63) is 219 Å². The van der Waals surface area contributed by atoms with Gasteiger partial charge < -0.3 is 20.0 Å². The highest BCUT2D eigenvalue weighted by molar-refractivity contribution is 6.23. The summed E-state index contributed by atoms with van der Waals surface area (Å²) in [5.74, 6) is 0. The van der Waals surface area contributed by atoms with E-state index in [9.17, 15) is 0 Å². The van der Waals surface area contributed by atoms with Crippen LogP contribution in [0.5, 0.6) is 0 Å². The Labute approximate surface area is 387 Å². The molecule has 2 aliphatic rings. The Bertz CT molecular complexity index is 3930. The van der Waals surface area contributed by atoms with Crippen molar-refractivity contribution in [3.63, 3.8) is 0 Å². The summed E-state index contributed by atoms with van der Waals surface area (Å²) in [5, 5.41) is 12.8. The lowest BCUT2D eigenvalue weighted by Gasteiger charge is -2.38. The van der Waals surface area contributed by atoms with Crippen molar-refractivity contribution in [2.45, 2.75) is 0 Å². The molecule has 0 spiro atoms. The van der Waals surface area contributed by atoms with E-state index in [0.29, 0.717) is 0 Å². The van der Waals surface area contributed by atoms with E-state index in [1.165, 1.54) is 16.3 Å². The number of nitrogens with zero attached hydrogens (tertiary/aromatic N) is 5. The minimum atomic E-state index is 0.888. The molecule has 2 aromatic heterocycles. The van der Waals surface area contributed by atoms with Crippen LogP contribution in [0.25, 0.3) is 76.5 Å². The summed E-state index contributed by atoms with van der Waals surface area (Å²) >= 11 is 0. The third-order valence-electron chi connectivity index (χ3n) is 13.9. The summed E-state index contributed by atoms with van der Waals surface area (Å²) in [6.45, 7) is 0. The lowest BCUT2D eigenvalue weighted by atomic mass is 9.85. The maximum absolute atomic E-state index is 5.61. The van der Waals surface area contributed by atoms with E-state index in [1.807, 2.05) is 12.3 Å². The Kier molecular flexibility index (Phi) is 8.09. The highest BCUT2D eigenvalue weighted by Crippen LogP contribution is 2.54. The van der Waals surface area contributed by atoms with Crippen LogP contribution in [0.15, 0.2) is 219 Å². The second-order valence-electron chi connectivity index (χ2n) is 17.5. The van der Waals surface area contributed by atoms with E-state index < -0.39 is 0 Å². The predicted octanol–water partition coefficient (Wildman–Crippen LogP) is 16.7. The number of hydrogen-bond acceptors (Lipinski definition) is 6. The lowest BCUT2D eigenvalue weighted by Crippen LogP contribution is -2.23. The SMILES string of the molecule is CN1c2ccccc2N(c2ccc3c(-c4ccc5ccccc5c4)c4cc(N5c6ccccc6Nc6ccccc65)ccc4c(-c4ccc5ccc6cccnc6c5n4)c3c2)c2ccccc21. The molecule has 67 heavy (non-hydrogen) atoms. The normalized spacial score (nSPS) is 12.9. The number of pyridine rings is 2. The van der Waals surface area contributed by atoms with E-state index in [-0.39, 0.29) is 0 Å². The number of anilines is 10. The molecule has 0 bridgehead atoms. The van der Waals surface area contributed by atoms with Gasteiger partial charge in [-0.2, -0.15) is 0 Å². The van der Waals surface area contributed by atoms with Crippen LogP contribution in [-0.4, -0.2) is 17.0 Å². The van der Waals surface area contributed by atoms with Crippen LogP contribution in [0.3, 0.4) is 0 Å². The first-order valence-electron chi connectivity index (χ1n) is 22.8. The number of aromatic nitrogens is 2. The molecule has 0 amide bonds. The van der Waals surface area contributed by atoms with Crippen molar-refractivity contribution in [3.8, 4) is 22.4 Å². The fourth-order valence-corrected chi connectivity index (χ4v) is 10.8. The summed E-state index contributed by atoms with van der Waals surface area (Å²) in [7, 11) is 2.16. The van der Waals surface area contributed by atoms with Crippen molar-refractivity contribution >= 4 is 111 Å². The number of nitrogens with one attached hydrogen (secondary N) is 1. The molecule has 0 fully saturated rings. The van der Waals surface area contributed by atoms with E-state index in [2.05, 4.69) is 233 Å². The molecule has 1 N–H and O–H groups in total. The van der Waals surface area contributed by atoms with E-state index in [1.54, 1.807) is 0 Å². The van der Waals surface area contributed by atoms with Crippen LogP contribution < -0.4 is 20.0 Å². The number of para-hydroxylation sites is 8. The predicted molar refractivity (Wildman–Crippen MR) is 281 cm³/mol. The van der Waals surface area contributed by atoms with Crippen molar-refractivity contribution in [2.24, 2.45) is 0 Å². The standard InChI is InChI=1S/C61H40N6/c1-65-54-20-8-10-22-56(54)67(57-23-11-9-21-55(57)65)44-29-31-45-48(37-44)59(51-33-28-40-26-25-39-15-12-34-62-60(39)61(40)64-51)46-32-30-43(36-47(46)58(45)42-27-24-38-13-2-3-14-41(38)35-42)66-52-18-6-4-16-49(52)63-50-17-5-7-19-53(50)66/h2-37,63H,1H3. The smallest absolute Gasteiger partial charge is 0.0972 e. The van der Waals surface area contributed by atoms with Crippen molar-refractivity contribution in [1.82, 2.24) is 9.97 Å². The van der Waals surface area contributed by atoms with Gasteiger partial charge in [0.25, 0.3) is 0 Å². The quantitative estimate of drug-likeness (QED) is 0.141. The fourth-order valence-electron chi connectivity index (χ4n) is 10.8. The molecule has 2 aliphatic heterocycles. The van der Waals surface area contributed by atoms with E-state index in [4.69, 9.17) is 9.97 Å². The molecule has 0 saturated heterocycles. The van der Waals surface area contributed by atoms with Gasteiger partial charge in [-0.05, 0) is 134 Å². The van der Waals surface area contributed by atoms with Gasteiger partial charge in [0, 0.05) is 41.0 Å². The minimum Gasteiger partial charge on any atom is -0.352 e. The van der Waals surface area contributed by atoms with E-state index >= 15 is 0 Å². The van der Waals surface area contributed by atoms with Gasteiger partial charge in [-0.15, -0.1) is 0 Å². The third kappa shape index (κ3) is 5.70. The summed E-state index contributed by atoms with van der Waals surface area (Å²) in [5.41, 5.74) is 17.1. The summed E-state index contributed by atoms with van der Waals surface area (Å²) in [6.07, 6.45) is 1.87. The summed E-state index contributed by atoms with van der Waals surface area (Å²) in [4.78, 5) is 17.6. The molecule has 0 radical (unpaired) electrons.